The second-order valence-corrected chi connectivity index (χ2v) is 9.47. The van der Waals surface area contributed by atoms with Gasteiger partial charge in [0.05, 0.1) is 12.7 Å². The average Bonchev–Trinajstić information content (AvgIpc) is 2.82. The molecule has 6 nitrogen and oxygen atoms in total. The summed E-state index contributed by atoms with van der Waals surface area (Å²) in [5.74, 6) is 0.412. The number of carbonyl (C=O) groups is 2. The first-order valence-corrected chi connectivity index (χ1v) is 11.8. The highest BCUT2D eigenvalue weighted by Crippen LogP contribution is 2.27. The molecule has 1 aliphatic rings. The third-order valence-electron chi connectivity index (χ3n) is 5.94. The van der Waals surface area contributed by atoms with Gasteiger partial charge in [-0.2, -0.15) is 0 Å². The van der Waals surface area contributed by atoms with E-state index in [0.717, 1.165) is 12.1 Å². The van der Waals surface area contributed by atoms with Gasteiger partial charge in [0.1, 0.15) is 5.75 Å². The SMILES string of the molecule is COc1ccc(Cl)cc1C(=O)N1CCC(C(=O)N(CCN(C)C)Cc2ccc(Cl)cc2)CC1. The van der Waals surface area contributed by atoms with Crippen molar-refractivity contribution in [1.29, 1.82) is 0 Å². The number of hydrogen-bond donors (Lipinski definition) is 0. The minimum Gasteiger partial charge on any atom is -0.496 e. The third kappa shape index (κ3) is 6.85. The molecule has 0 N–H and O–H groups in total. The molecule has 33 heavy (non-hydrogen) atoms. The fourth-order valence-corrected chi connectivity index (χ4v) is 4.30. The van der Waals surface area contributed by atoms with E-state index in [2.05, 4.69) is 4.90 Å². The zero-order valence-corrected chi connectivity index (χ0v) is 20.9. The van der Waals surface area contributed by atoms with Gasteiger partial charge < -0.3 is 19.4 Å². The van der Waals surface area contributed by atoms with Crippen molar-refractivity contribution in [1.82, 2.24) is 14.7 Å². The van der Waals surface area contributed by atoms with Crippen LogP contribution in [0.3, 0.4) is 0 Å². The van der Waals surface area contributed by atoms with E-state index in [9.17, 15) is 9.59 Å². The summed E-state index contributed by atoms with van der Waals surface area (Å²) < 4.78 is 5.33. The predicted octanol–water partition coefficient (Wildman–Crippen LogP) is 4.44. The summed E-state index contributed by atoms with van der Waals surface area (Å²) in [4.78, 5) is 32.3. The van der Waals surface area contributed by atoms with E-state index in [1.807, 2.05) is 43.3 Å². The molecule has 2 aromatic carbocycles. The van der Waals surface area contributed by atoms with Crippen LogP contribution in [0.5, 0.6) is 5.75 Å². The molecule has 0 atom stereocenters. The summed E-state index contributed by atoms with van der Waals surface area (Å²) in [5.41, 5.74) is 1.50. The number of ether oxygens (including phenoxy) is 1. The van der Waals surface area contributed by atoms with Gasteiger partial charge in [-0.1, -0.05) is 35.3 Å². The first kappa shape index (κ1) is 25.3. The second kappa shape index (κ2) is 11.7. The van der Waals surface area contributed by atoms with Crippen LogP contribution in [-0.4, -0.2) is 73.9 Å². The lowest BCUT2D eigenvalue weighted by Crippen LogP contribution is -2.45. The number of carbonyl (C=O) groups excluding carboxylic acids is 2. The molecule has 0 aliphatic carbocycles. The van der Waals surface area contributed by atoms with Gasteiger partial charge in [0.2, 0.25) is 5.91 Å². The lowest BCUT2D eigenvalue weighted by Gasteiger charge is -2.35. The second-order valence-electron chi connectivity index (χ2n) is 8.60. The molecule has 0 aromatic heterocycles. The van der Waals surface area contributed by atoms with E-state index in [4.69, 9.17) is 27.9 Å². The number of amides is 2. The van der Waals surface area contributed by atoms with E-state index < -0.39 is 0 Å². The van der Waals surface area contributed by atoms with Crippen molar-refractivity contribution in [3.8, 4) is 5.75 Å². The van der Waals surface area contributed by atoms with Crippen LogP contribution in [0, 0.1) is 5.92 Å². The zero-order valence-electron chi connectivity index (χ0n) is 19.4. The van der Waals surface area contributed by atoms with Crippen molar-refractivity contribution in [2.75, 3.05) is 47.4 Å². The number of halogens is 2. The van der Waals surface area contributed by atoms with Gasteiger partial charge in [-0.15, -0.1) is 0 Å². The van der Waals surface area contributed by atoms with Crippen LogP contribution in [-0.2, 0) is 11.3 Å². The van der Waals surface area contributed by atoms with Gasteiger partial charge in [-0.05, 0) is 62.8 Å². The normalized spacial score (nSPS) is 14.4. The summed E-state index contributed by atoms with van der Waals surface area (Å²) in [7, 11) is 5.53. The molecular formula is C25H31Cl2N3O3. The molecule has 0 radical (unpaired) electrons. The Bertz CT molecular complexity index is 958. The molecule has 178 valence electrons. The van der Waals surface area contributed by atoms with Gasteiger partial charge in [0.15, 0.2) is 0 Å². The summed E-state index contributed by atoms with van der Waals surface area (Å²) in [6.45, 7) is 3.02. The number of likely N-dealkylation sites (tertiary alicyclic amines) is 1. The van der Waals surface area contributed by atoms with Crippen molar-refractivity contribution < 1.29 is 14.3 Å². The van der Waals surface area contributed by atoms with Crippen molar-refractivity contribution in [2.24, 2.45) is 5.92 Å². The van der Waals surface area contributed by atoms with Gasteiger partial charge >= 0.3 is 0 Å². The number of hydrogen-bond acceptors (Lipinski definition) is 4. The monoisotopic (exact) mass is 491 g/mol. The Morgan fingerprint density at radius 1 is 1.00 bits per heavy atom. The van der Waals surface area contributed by atoms with Crippen molar-refractivity contribution in [3.63, 3.8) is 0 Å². The molecule has 0 spiro atoms. The smallest absolute Gasteiger partial charge is 0.257 e. The van der Waals surface area contributed by atoms with Crippen LogP contribution >= 0.6 is 23.2 Å². The molecule has 0 unspecified atom stereocenters. The highest BCUT2D eigenvalue weighted by atomic mass is 35.5. The van der Waals surface area contributed by atoms with Crippen molar-refractivity contribution >= 4 is 35.0 Å². The lowest BCUT2D eigenvalue weighted by atomic mass is 9.94. The average molecular weight is 492 g/mol. The van der Waals surface area contributed by atoms with E-state index >= 15 is 0 Å². The molecule has 1 aliphatic heterocycles. The Kier molecular flexibility index (Phi) is 9.01. The minimum atomic E-state index is -0.120. The zero-order chi connectivity index (χ0) is 24.0. The molecule has 8 heteroatoms. The first-order chi connectivity index (χ1) is 15.8. The molecule has 2 aromatic rings. The van der Waals surface area contributed by atoms with E-state index in [1.54, 1.807) is 23.1 Å². The van der Waals surface area contributed by atoms with Crippen LogP contribution < -0.4 is 4.74 Å². The van der Waals surface area contributed by atoms with Crippen molar-refractivity contribution in [3.05, 3.63) is 63.6 Å². The van der Waals surface area contributed by atoms with Gasteiger partial charge in [-0.25, -0.2) is 0 Å². The predicted molar refractivity (Wildman–Crippen MR) is 132 cm³/mol. The number of benzene rings is 2. The highest BCUT2D eigenvalue weighted by Gasteiger charge is 2.31. The van der Waals surface area contributed by atoms with Crippen molar-refractivity contribution in [2.45, 2.75) is 19.4 Å². The number of methoxy groups -OCH3 is 1. The Balaban J connectivity index is 1.65. The maximum Gasteiger partial charge on any atom is 0.257 e. The van der Waals surface area contributed by atoms with Gasteiger partial charge in [0.25, 0.3) is 5.91 Å². The summed E-state index contributed by atoms with van der Waals surface area (Å²) >= 11 is 12.1. The fraction of sp³-hybridized carbons (Fsp3) is 0.440. The maximum atomic E-state index is 13.4. The molecule has 3 rings (SSSR count). The lowest BCUT2D eigenvalue weighted by molar-refractivity contribution is -0.137. The Morgan fingerprint density at radius 3 is 2.24 bits per heavy atom. The molecule has 2 amide bonds. The van der Waals surface area contributed by atoms with Gasteiger partial charge in [-0.3, -0.25) is 9.59 Å². The topological polar surface area (TPSA) is 53.1 Å². The quantitative estimate of drug-likeness (QED) is 0.547. The Morgan fingerprint density at radius 2 is 1.64 bits per heavy atom. The maximum absolute atomic E-state index is 13.4. The molecular weight excluding hydrogens is 461 g/mol. The standard InChI is InChI=1S/C25H31Cl2N3O3/c1-28(2)14-15-30(17-18-4-6-20(26)7-5-18)24(31)19-10-12-29(13-11-19)25(32)22-16-21(27)8-9-23(22)33-3/h4-9,16,19H,10-15,17H2,1-3H3. The largest absolute Gasteiger partial charge is 0.496 e. The Labute approximate surface area is 206 Å². The van der Waals surface area contributed by atoms with E-state index in [1.165, 1.54) is 7.11 Å². The summed E-state index contributed by atoms with van der Waals surface area (Å²) in [5, 5.41) is 1.17. The van der Waals surface area contributed by atoms with E-state index in [-0.39, 0.29) is 17.7 Å². The number of likely N-dealkylation sites (N-methyl/N-ethyl adjacent to an activating group) is 1. The highest BCUT2D eigenvalue weighted by molar-refractivity contribution is 6.31. The molecule has 1 saturated heterocycles. The van der Waals surface area contributed by atoms with E-state index in [0.29, 0.717) is 60.4 Å². The summed E-state index contributed by atoms with van der Waals surface area (Å²) in [6.07, 6.45) is 1.26. The van der Waals surface area contributed by atoms with Crippen LogP contribution in [0.4, 0.5) is 0 Å². The first-order valence-electron chi connectivity index (χ1n) is 11.1. The van der Waals surface area contributed by atoms with Gasteiger partial charge in [0, 0.05) is 48.7 Å². The minimum absolute atomic E-state index is 0.107. The summed E-state index contributed by atoms with van der Waals surface area (Å²) in [6, 6.07) is 12.6. The Hall–Kier alpha value is -2.28. The van der Waals surface area contributed by atoms with Crippen LogP contribution in [0.1, 0.15) is 28.8 Å². The van der Waals surface area contributed by atoms with Crippen LogP contribution in [0.2, 0.25) is 10.0 Å². The van der Waals surface area contributed by atoms with Crippen LogP contribution in [0.25, 0.3) is 0 Å². The molecule has 1 heterocycles. The number of nitrogens with zero attached hydrogens (tertiary/aromatic N) is 3. The van der Waals surface area contributed by atoms with Crippen LogP contribution in [0.15, 0.2) is 42.5 Å². The molecule has 0 bridgehead atoms. The number of rotatable bonds is 8. The fourth-order valence-electron chi connectivity index (χ4n) is 4.00. The number of piperidine rings is 1. The molecule has 0 saturated carbocycles. The third-order valence-corrected chi connectivity index (χ3v) is 6.43. The molecule has 1 fully saturated rings.